The van der Waals surface area contributed by atoms with E-state index in [0.717, 1.165) is 0 Å². The fourth-order valence-electron chi connectivity index (χ4n) is 2.91. The summed E-state index contributed by atoms with van der Waals surface area (Å²) in [7, 11) is 0. The number of para-hydroxylation sites is 2. The van der Waals surface area contributed by atoms with Crippen LogP contribution in [-0.2, 0) is 14.4 Å². The molecule has 0 radical (unpaired) electrons. The Kier molecular flexibility index (Phi) is 5.88. The van der Waals surface area contributed by atoms with E-state index in [1.807, 2.05) is 6.92 Å². The Bertz CT molecular complexity index is 885. The average molecular weight is 385 g/mol. The minimum atomic E-state index is -0.774. The molecule has 2 aromatic carbocycles. The van der Waals surface area contributed by atoms with Crippen LogP contribution in [0.1, 0.15) is 6.92 Å². The molecule has 0 unspecified atom stereocenters. The van der Waals surface area contributed by atoms with E-state index in [0.29, 0.717) is 23.7 Å². The number of piperazine rings is 1. The van der Waals surface area contributed by atoms with E-state index in [2.05, 4.69) is 5.32 Å². The van der Waals surface area contributed by atoms with Crippen LogP contribution in [0.3, 0.4) is 0 Å². The van der Waals surface area contributed by atoms with Crippen molar-refractivity contribution < 1.29 is 23.5 Å². The fraction of sp³-hybridized carbons (Fsp3) is 0.250. The molecule has 1 N–H and O–H groups in total. The third-order valence-electron chi connectivity index (χ3n) is 4.24. The van der Waals surface area contributed by atoms with Crippen LogP contribution in [0, 0.1) is 5.82 Å². The monoisotopic (exact) mass is 385 g/mol. The summed E-state index contributed by atoms with van der Waals surface area (Å²) in [5.41, 5.74) is 0.938. The van der Waals surface area contributed by atoms with E-state index in [1.54, 1.807) is 24.3 Å². The van der Waals surface area contributed by atoms with Crippen molar-refractivity contribution >= 4 is 29.1 Å². The standard InChI is InChI=1S/C20H20FN3O4/c1-2-28-17-6-4-3-5-16(17)22-18(25)13-23-11-12-24(20(27)19(23)26)15-9-7-14(21)8-10-15/h3-10H,2,11-13H2,1H3,(H,22,25). The van der Waals surface area contributed by atoms with Gasteiger partial charge in [0, 0.05) is 18.8 Å². The van der Waals surface area contributed by atoms with Crippen LogP contribution in [0.5, 0.6) is 5.75 Å². The predicted octanol–water partition coefficient (Wildman–Crippen LogP) is 2.04. The van der Waals surface area contributed by atoms with Gasteiger partial charge in [-0.05, 0) is 43.3 Å². The number of carbonyl (C=O) groups is 3. The lowest BCUT2D eigenvalue weighted by molar-refractivity contribution is -0.147. The second-order valence-corrected chi connectivity index (χ2v) is 6.14. The number of benzene rings is 2. The zero-order valence-corrected chi connectivity index (χ0v) is 15.4. The maximum atomic E-state index is 13.1. The molecule has 0 aliphatic carbocycles. The lowest BCUT2D eigenvalue weighted by Gasteiger charge is -2.33. The van der Waals surface area contributed by atoms with E-state index < -0.39 is 23.5 Å². The predicted molar refractivity (Wildman–Crippen MR) is 102 cm³/mol. The van der Waals surface area contributed by atoms with E-state index in [4.69, 9.17) is 4.74 Å². The van der Waals surface area contributed by atoms with Crippen molar-refractivity contribution in [3.8, 4) is 5.75 Å². The van der Waals surface area contributed by atoms with Crippen molar-refractivity contribution in [3.05, 3.63) is 54.3 Å². The Balaban J connectivity index is 1.63. The number of hydrogen-bond donors (Lipinski definition) is 1. The molecule has 0 saturated carbocycles. The minimum Gasteiger partial charge on any atom is -0.492 e. The summed E-state index contributed by atoms with van der Waals surface area (Å²) < 4.78 is 18.5. The highest BCUT2D eigenvalue weighted by Crippen LogP contribution is 2.24. The SMILES string of the molecule is CCOc1ccccc1NC(=O)CN1CCN(c2ccc(F)cc2)C(=O)C1=O. The molecule has 146 valence electrons. The number of anilines is 2. The second kappa shape index (κ2) is 8.51. The van der Waals surface area contributed by atoms with E-state index in [-0.39, 0.29) is 19.6 Å². The molecule has 1 aliphatic heterocycles. The van der Waals surface area contributed by atoms with Gasteiger partial charge in [0.15, 0.2) is 0 Å². The van der Waals surface area contributed by atoms with Crippen molar-refractivity contribution in [1.82, 2.24) is 4.90 Å². The third kappa shape index (κ3) is 4.28. The number of halogens is 1. The van der Waals surface area contributed by atoms with Crippen molar-refractivity contribution in [1.29, 1.82) is 0 Å². The van der Waals surface area contributed by atoms with E-state index in [9.17, 15) is 18.8 Å². The van der Waals surface area contributed by atoms with Gasteiger partial charge in [-0.3, -0.25) is 14.4 Å². The quantitative estimate of drug-likeness (QED) is 0.772. The molecule has 1 aliphatic rings. The molecule has 1 heterocycles. The first-order valence-corrected chi connectivity index (χ1v) is 8.87. The highest BCUT2D eigenvalue weighted by atomic mass is 19.1. The molecule has 28 heavy (non-hydrogen) atoms. The lowest BCUT2D eigenvalue weighted by atomic mass is 10.2. The van der Waals surface area contributed by atoms with Gasteiger partial charge in [0.05, 0.1) is 12.3 Å². The Morgan fingerprint density at radius 1 is 1.07 bits per heavy atom. The van der Waals surface area contributed by atoms with Gasteiger partial charge in [-0.2, -0.15) is 0 Å². The number of amides is 3. The molecular formula is C20H20FN3O4. The van der Waals surface area contributed by atoms with Gasteiger partial charge < -0.3 is 19.9 Å². The summed E-state index contributed by atoms with van der Waals surface area (Å²) in [6, 6.07) is 12.3. The Morgan fingerprint density at radius 3 is 2.50 bits per heavy atom. The average Bonchev–Trinajstić information content (AvgIpc) is 2.68. The van der Waals surface area contributed by atoms with Crippen molar-refractivity contribution in [2.75, 3.05) is 36.5 Å². The zero-order chi connectivity index (χ0) is 20.1. The molecule has 0 atom stereocenters. The van der Waals surface area contributed by atoms with Crippen LogP contribution in [0.25, 0.3) is 0 Å². The number of hydrogen-bond acceptors (Lipinski definition) is 4. The molecule has 7 nitrogen and oxygen atoms in total. The minimum absolute atomic E-state index is 0.197. The normalized spacial score (nSPS) is 14.2. The highest BCUT2D eigenvalue weighted by molar-refractivity contribution is 6.41. The van der Waals surface area contributed by atoms with E-state index in [1.165, 1.54) is 34.1 Å². The molecule has 0 bridgehead atoms. The molecule has 0 aromatic heterocycles. The molecule has 2 aromatic rings. The largest absolute Gasteiger partial charge is 0.492 e. The summed E-state index contributed by atoms with van der Waals surface area (Å²) >= 11 is 0. The van der Waals surface area contributed by atoms with Crippen molar-refractivity contribution in [3.63, 3.8) is 0 Å². The summed E-state index contributed by atoms with van der Waals surface area (Å²) in [4.78, 5) is 39.6. The van der Waals surface area contributed by atoms with Crippen molar-refractivity contribution in [2.45, 2.75) is 6.92 Å². The molecular weight excluding hydrogens is 365 g/mol. The number of rotatable bonds is 6. The zero-order valence-electron chi connectivity index (χ0n) is 15.4. The molecule has 0 spiro atoms. The maximum Gasteiger partial charge on any atom is 0.316 e. The van der Waals surface area contributed by atoms with E-state index >= 15 is 0 Å². The maximum absolute atomic E-state index is 13.1. The van der Waals surface area contributed by atoms with Crippen LogP contribution in [0.2, 0.25) is 0 Å². The Morgan fingerprint density at radius 2 is 1.79 bits per heavy atom. The van der Waals surface area contributed by atoms with Crippen molar-refractivity contribution in [2.24, 2.45) is 0 Å². The molecule has 3 rings (SSSR count). The van der Waals surface area contributed by atoms with Gasteiger partial charge in [-0.1, -0.05) is 12.1 Å². The molecule has 1 fully saturated rings. The smallest absolute Gasteiger partial charge is 0.316 e. The van der Waals surface area contributed by atoms with Crippen LogP contribution in [0.15, 0.2) is 48.5 Å². The fourth-order valence-corrected chi connectivity index (χ4v) is 2.91. The number of nitrogens with zero attached hydrogens (tertiary/aromatic N) is 2. The number of carbonyl (C=O) groups excluding carboxylic acids is 3. The summed E-state index contributed by atoms with van der Waals surface area (Å²) in [5, 5.41) is 2.70. The lowest BCUT2D eigenvalue weighted by Crippen LogP contribution is -2.56. The van der Waals surface area contributed by atoms with Crippen LogP contribution in [0.4, 0.5) is 15.8 Å². The topological polar surface area (TPSA) is 79.0 Å². The second-order valence-electron chi connectivity index (χ2n) is 6.14. The first-order chi connectivity index (χ1) is 13.5. The van der Waals surface area contributed by atoms with Gasteiger partial charge in [0.1, 0.15) is 18.1 Å². The molecule has 8 heteroatoms. The first-order valence-electron chi connectivity index (χ1n) is 8.87. The van der Waals surface area contributed by atoms with Gasteiger partial charge in [-0.25, -0.2) is 4.39 Å². The van der Waals surface area contributed by atoms with Crippen LogP contribution >= 0.6 is 0 Å². The molecule has 3 amide bonds. The number of ether oxygens (including phenoxy) is 1. The van der Waals surface area contributed by atoms with Gasteiger partial charge in [0.2, 0.25) is 5.91 Å². The Labute approximate surface area is 161 Å². The summed E-state index contributed by atoms with van der Waals surface area (Å²) in [6.07, 6.45) is 0. The van der Waals surface area contributed by atoms with Crippen LogP contribution in [-0.4, -0.2) is 48.9 Å². The van der Waals surface area contributed by atoms with Crippen LogP contribution < -0.4 is 15.0 Å². The third-order valence-corrected chi connectivity index (χ3v) is 4.24. The molecule has 1 saturated heterocycles. The van der Waals surface area contributed by atoms with Gasteiger partial charge in [0.25, 0.3) is 0 Å². The number of nitrogens with one attached hydrogen (secondary N) is 1. The highest BCUT2D eigenvalue weighted by Gasteiger charge is 2.34. The van der Waals surface area contributed by atoms with Gasteiger partial charge >= 0.3 is 11.8 Å². The van der Waals surface area contributed by atoms with Gasteiger partial charge in [-0.15, -0.1) is 0 Å². The first kappa shape index (κ1) is 19.3. The Hall–Kier alpha value is -3.42. The summed E-state index contributed by atoms with van der Waals surface area (Å²) in [6.45, 7) is 2.46. The summed E-state index contributed by atoms with van der Waals surface area (Å²) in [5.74, 6) is -1.85.